The molecule has 112 valence electrons. The Balaban J connectivity index is 2.01. The highest BCUT2D eigenvalue weighted by Gasteiger charge is 2.36. The van der Waals surface area contributed by atoms with Crippen molar-refractivity contribution in [3.05, 3.63) is 35.9 Å². The Hall–Kier alpha value is -0.910. The summed E-state index contributed by atoms with van der Waals surface area (Å²) in [6.07, 6.45) is -0.788. The van der Waals surface area contributed by atoms with Gasteiger partial charge in [-0.1, -0.05) is 44.2 Å². The fourth-order valence-electron chi connectivity index (χ4n) is 2.74. The lowest BCUT2D eigenvalue weighted by Crippen LogP contribution is -2.41. The van der Waals surface area contributed by atoms with Gasteiger partial charge >= 0.3 is 0 Å². The van der Waals surface area contributed by atoms with Gasteiger partial charge in [-0.25, -0.2) is 8.42 Å². The Bertz CT molecular complexity index is 527. The Kier molecular flexibility index (Phi) is 4.83. The average molecular weight is 297 g/mol. The largest absolute Gasteiger partial charge is 0.390 e. The molecular weight excluding hydrogens is 274 g/mol. The molecule has 0 spiro atoms. The normalized spacial score (nSPS) is 26.8. The van der Waals surface area contributed by atoms with E-state index in [2.05, 4.69) is 31.3 Å². The quantitative estimate of drug-likeness (QED) is 0.856. The molecule has 0 bridgehead atoms. The first kappa shape index (κ1) is 15.5. The molecule has 1 heterocycles. The summed E-state index contributed by atoms with van der Waals surface area (Å²) in [5, 5.41) is 13.0. The smallest absolute Gasteiger partial charge is 0.154 e. The van der Waals surface area contributed by atoms with E-state index >= 15 is 0 Å². The molecule has 0 amide bonds. The Morgan fingerprint density at radius 3 is 2.40 bits per heavy atom. The number of nitrogens with one attached hydrogen (secondary N) is 1. The van der Waals surface area contributed by atoms with Crippen molar-refractivity contribution in [2.24, 2.45) is 5.92 Å². The van der Waals surface area contributed by atoms with Crippen molar-refractivity contribution in [3.63, 3.8) is 0 Å². The van der Waals surface area contributed by atoms with Gasteiger partial charge in [0.15, 0.2) is 9.84 Å². The van der Waals surface area contributed by atoms with Gasteiger partial charge in [0, 0.05) is 12.6 Å². The first-order valence-corrected chi connectivity index (χ1v) is 8.88. The molecule has 0 aliphatic carbocycles. The molecule has 20 heavy (non-hydrogen) atoms. The Labute approximate surface area is 121 Å². The van der Waals surface area contributed by atoms with Crippen molar-refractivity contribution in [2.75, 3.05) is 18.1 Å². The minimum atomic E-state index is -3.09. The third kappa shape index (κ3) is 3.81. The van der Waals surface area contributed by atoms with Gasteiger partial charge < -0.3 is 10.4 Å². The summed E-state index contributed by atoms with van der Waals surface area (Å²) in [5.74, 6) is 0.669. The van der Waals surface area contributed by atoms with Crippen LogP contribution in [0.25, 0.3) is 0 Å². The standard InChI is InChI=1S/C15H23NO3S/c1-11(2)13(12-6-4-3-5-7-12)8-16-14-9-20(18,19)10-15(14)17/h3-7,11,13-17H,8-10H2,1-2H3/t13?,14-,15-/m1/s1. The predicted molar refractivity (Wildman–Crippen MR) is 80.5 cm³/mol. The van der Waals surface area contributed by atoms with E-state index in [1.807, 2.05) is 18.2 Å². The maximum atomic E-state index is 11.5. The number of aliphatic hydroxyl groups is 1. The van der Waals surface area contributed by atoms with Crippen LogP contribution in [-0.4, -0.2) is 43.7 Å². The molecule has 1 aliphatic heterocycles. The summed E-state index contributed by atoms with van der Waals surface area (Å²) in [6, 6.07) is 9.85. The number of sulfone groups is 1. The van der Waals surface area contributed by atoms with Crippen LogP contribution in [0.5, 0.6) is 0 Å². The predicted octanol–water partition coefficient (Wildman–Crippen LogP) is 1.17. The van der Waals surface area contributed by atoms with Gasteiger partial charge in [-0.15, -0.1) is 0 Å². The van der Waals surface area contributed by atoms with Crippen molar-refractivity contribution < 1.29 is 13.5 Å². The highest BCUT2D eigenvalue weighted by molar-refractivity contribution is 7.91. The summed E-state index contributed by atoms with van der Waals surface area (Å²) < 4.78 is 23.0. The molecule has 2 N–H and O–H groups in total. The minimum absolute atomic E-state index is 0.0355. The SMILES string of the molecule is CC(C)C(CN[C@@H]1CS(=O)(=O)C[C@H]1O)c1ccccc1. The lowest BCUT2D eigenvalue weighted by molar-refractivity contribution is 0.164. The molecule has 4 nitrogen and oxygen atoms in total. The van der Waals surface area contributed by atoms with Crippen LogP contribution >= 0.6 is 0 Å². The van der Waals surface area contributed by atoms with Gasteiger partial charge in [-0.3, -0.25) is 0 Å². The second-order valence-corrected chi connectivity index (χ2v) is 8.07. The molecule has 3 atom stereocenters. The summed E-state index contributed by atoms with van der Waals surface area (Å²) in [6.45, 7) is 4.99. The second-order valence-electron chi connectivity index (χ2n) is 5.92. The van der Waals surface area contributed by atoms with Gasteiger partial charge in [-0.05, 0) is 17.4 Å². The van der Waals surface area contributed by atoms with E-state index in [9.17, 15) is 13.5 Å². The van der Waals surface area contributed by atoms with E-state index < -0.39 is 15.9 Å². The summed E-state index contributed by atoms with van der Waals surface area (Å²) in [4.78, 5) is 0. The van der Waals surface area contributed by atoms with E-state index in [0.717, 1.165) is 0 Å². The monoisotopic (exact) mass is 297 g/mol. The van der Waals surface area contributed by atoms with Crippen molar-refractivity contribution in [2.45, 2.75) is 31.9 Å². The van der Waals surface area contributed by atoms with Gasteiger partial charge in [0.05, 0.1) is 17.6 Å². The second kappa shape index (κ2) is 6.24. The van der Waals surface area contributed by atoms with Crippen molar-refractivity contribution >= 4 is 9.84 Å². The molecule has 0 aromatic heterocycles. The zero-order chi connectivity index (χ0) is 14.8. The topological polar surface area (TPSA) is 66.4 Å². The minimum Gasteiger partial charge on any atom is -0.390 e. The Morgan fingerprint density at radius 1 is 1.25 bits per heavy atom. The molecule has 0 saturated carbocycles. The molecular formula is C15H23NO3S. The Morgan fingerprint density at radius 2 is 1.90 bits per heavy atom. The zero-order valence-electron chi connectivity index (χ0n) is 12.0. The zero-order valence-corrected chi connectivity index (χ0v) is 12.8. The van der Waals surface area contributed by atoms with Crippen LogP contribution < -0.4 is 5.32 Å². The number of rotatable bonds is 5. The van der Waals surface area contributed by atoms with E-state index in [1.165, 1.54) is 5.56 Å². The third-order valence-corrected chi connectivity index (χ3v) is 5.67. The van der Waals surface area contributed by atoms with E-state index in [1.54, 1.807) is 0 Å². The first-order chi connectivity index (χ1) is 9.39. The highest BCUT2D eigenvalue weighted by atomic mass is 32.2. The molecule has 1 aliphatic rings. The summed E-state index contributed by atoms with van der Waals surface area (Å²) >= 11 is 0. The molecule has 5 heteroatoms. The maximum absolute atomic E-state index is 11.5. The highest BCUT2D eigenvalue weighted by Crippen LogP contribution is 2.24. The van der Waals surface area contributed by atoms with Crippen LogP contribution in [0.2, 0.25) is 0 Å². The molecule has 1 unspecified atom stereocenters. The average Bonchev–Trinajstić information content (AvgIpc) is 2.63. The molecule has 0 radical (unpaired) electrons. The third-order valence-electron chi connectivity index (χ3n) is 3.96. The van der Waals surface area contributed by atoms with Crippen LogP contribution in [-0.2, 0) is 9.84 Å². The first-order valence-electron chi connectivity index (χ1n) is 7.06. The van der Waals surface area contributed by atoms with E-state index in [-0.39, 0.29) is 17.5 Å². The summed E-state index contributed by atoms with van der Waals surface area (Å²) in [5.41, 5.74) is 1.24. The number of benzene rings is 1. The fourth-order valence-corrected chi connectivity index (χ4v) is 4.52. The molecule has 2 rings (SSSR count). The summed E-state index contributed by atoms with van der Waals surface area (Å²) in [7, 11) is -3.09. The number of hydrogen-bond acceptors (Lipinski definition) is 4. The molecule has 1 saturated heterocycles. The fraction of sp³-hybridized carbons (Fsp3) is 0.600. The van der Waals surface area contributed by atoms with Crippen LogP contribution in [0, 0.1) is 5.92 Å². The number of aliphatic hydroxyl groups excluding tert-OH is 1. The molecule has 1 fully saturated rings. The molecule has 1 aromatic rings. The van der Waals surface area contributed by atoms with Crippen molar-refractivity contribution in [1.82, 2.24) is 5.32 Å². The lowest BCUT2D eigenvalue weighted by atomic mass is 9.88. The van der Waals surface area contributed by atoms with E-state index in [0.29, 0.717) is 18.4 Å². The van der Waals surface area contributed by atoms with Gasteiger partial charge in [0.2, 0.25) is 0 Å². The molecule has 1 aromatic carbocycles. The van der Waals surface area contributed by atoms with Crippen LogP contribution in [0.4, 0.5) is 0 Å². The lowest BCUT2D eigenvalue weighted by Gasteiger charge is -2.24. The van der Waals surface area contributed by atoms with Crippen LogP contribution in [0.3, 0.4) is 0 Å². The van der Waals surface area contributed by atoms with Crippen LogP contribution in [0.15, 0.2) is 30.3 Å². The van der Waals surface area contributed by atoms with Gasteiger partial charge in [0.1, 0.15) is 0 Å². The van der Waals surface area contributed by atoms with Gasteiger partial charge in [-0.2, -0.15) is 0 Å². The van der Waals surface area contributed by atoms with E-state index in [4.69, 9.17) is 0 Å². The number of hydrogen-bond donors (Lipinski definition) is 2. The van der Waals surface area contributed by atoms with Gasteiger partial charge in [0.25, 0.3) is 0 Å². The van der Waals surface area contributed by atoms with Crippen molar-refractivity contribution in [3.8, 4) is 0 Å². The maximum Gasteiger partial charge on any atom is 0.154 e. The van der Waals surface area contributed by atoms with Crippen molar-refractivity contribution in [1.29, 1.82) is 0 Å². The van der Waals surface area contributed by atoms with Crippen LogP contribution in [0.1, 0.15) is 25.3 Å².